The number of carboxylic acids is 1. The fourth-order valence-corrected chi connectivity index (χ4v) is 1.57. The lowest BCUT2D eigenvalue weighted by Gasteiger charge is -2.08. The van der Waals surface area contributed by atoms with Gasteiger partial charge in [-0.3, -0.25) is 14.2 Å². The summed E-state index contributed by atoms with van der Waals surface area (Å²) in [6.45, 7) is 0. The predicted molar refractivity (Wildman–Crippen MR) is 57.8 cm³/mol. The average molecular weight is 235 g/mol. The molecule has 0 aliphatic heterocycles. The number of nitrogens with zero attached hydrogens (tertiary/aromatic N) is 1. The second kappa shape index (κ2) is 3.89. The highest BCUT2D eigenvalue weighted by Crippen LogP contribution is 2.16. The lowest BCUT2D eigenvalue weighted by Crippen LogP contribution is -2.21. The second-order valence-corrected chi connectivity index (χ2v) is 3.70. The van der Waals surface area contributed by atoms with Crippen molar-refractivity contribution in [1.82, 2.24) is 4.57 Å². The molecule has 0 spiro atoms. The summed E-state index contributed by atoms with van der Waals surface area (Å²) in [5, 5.41) is 18.0. The first kappa shape index (κ1) is 11.1. The van der Waals surface area contributed by atoms with E-state index in [-0.39, 0.29) is 12.2 Å². The van der Waals surface area contributed by atoms with E-state index in [1.165, 1.54) is 12.1 Å². The number of carboxylic acid groups (broad SMARTS) is 1. The summed E-state index contributed by atoms with van der Waals surface area (Å²) in [7, 11) is 0. The molecule has 0 radical (unpaired) electrons. The van der Waals surface area contributed by atoms with Gasteiger partial charge in [0.15, 0.2) is 0 Å². The van der Waals surface area contributed by atoms with Crippen LogP contribution in [0.4, 0.5) is 0 Å². The Morgan fingerprint density at radius 3 is 2.12 bits per heavy atom. The number of benzene rings is 1. The van der Waals surface area contributed by atoms with E-state index in [9.17, 15) is 14.4 Å². The summed E-state index contributed by atoms with van der Waals surface area (Å²) in [6, 6.07) is 4.76. The number of hydrogen-bond acceptors (Lipinski definition) is 4. The Hall–Kier alpha value is -2.37. The molecule has 0 saturated carbocycles. The van der Waals surface area contributed by atoms with Gasteiger partial charge in [0.25, 0.3) is 0 Å². The molecule has 2 rings (SSSR count). The van der Waals surface area contributed by atoms with Gasteiger partial charge in [-0.25, -0.2) is 4.79 Å². The molecule has 88 valence electrons. The van der Waals surface area contributed by atoms with E-state index in [0.717, 1.165) is 4.57 Å². The van der Waals surface area contributed by atoms with Crippen LogP contribution >= 0.6 is 0 Å². The minimum absolute atomic E-state index is 0.0348. The van der Waals surface area contributed by atoms with Crippen molar-refractivity contribution in [3.05, 3.63) is 50.5 Å². The Morgan fingerprint density at radius 2 is 1.71 bits per heavy atom. The Balaban J connectivity index is 2.23. The molecule has 1 atom stereocenters. The fourth-order valence-electron chi connectivity index (χ4n) is 1.57. The van der Waals surface area contributed by atoms with Crippen molar-refractivity contribution in [2.75, 3.05) is 0 Å². The van der Waals surface area contributed by atoms with Crippen LogP contribution in [0.2, 0.25) is 0 Å². The fraction of sp³-hybridized carbons (Fsp3) is 0.182. The van der Waals surface area contributed by atoms with E-state index in [1.54, 1.807) is 12.1 Å². The first-order chi connectivity index (χ1) is 8.00. The van der Waals surface area contributed by atoms with E-state index >= 15 is 0 Å². The van der Waals surface area contributed by atoms with Crippen LogP contribution < -0.4 is 11.1 Å². The molecule has 2 aromatic rings. The minimum Gasteiger partial charge on any atom is -0.508 e. The van der Waals surface area contributed by atoms with Crippen LogP contribution in [0.5, 0.6) is 5.75 Å². The normalized spacial score (nSPS) is 12.7. The average Bonchev–Trinajstić information content (AvgIpc) is 2.86. The number of phenols is 1. The van der Waals surface area contributed by atoms with Gasteiger partial charge >= 0.3 is 17.1 Å². The molecule has 0 aliphatic rings. The number of rotatable bonds is 4. The van der Waals surface area contributed by atoms with E-state index in [4.69, 9.17) is 10.2 Å². The summed E-state index contributed by atoms with van der Waals surface area (Å²) in [5.74, 6) is -1.16. The SMILES string of the molecule is O=C(O)[C@@H](Cc1ccc(O)cc1)n1c(=O)c1=O. The largest absolute Gasteiger partial charge is 0.508 e. The highest BCUT2D eigenvalue weighted by atomic mass is 16.4. The van der Waals surface area contributed by atoms with Crippen molar-refractivity contribution >= 4 is 5.97 Å². The zero-order valence-electron chi connectivity index (χ0n) is 8.66. The third kappa shape index (κ3) is 2.10. The molecular formula is C11H9NO5. The third-order valence-corrected chi connectivity index (χ3v) is 2.53. The van der Waals surface area contributed by atoms with Crippen molar-refractivity contribution in [2.45, 2.75) is 12.5 Å². The maximum absolute atomic E-state index is 10.9. The van der Waals surface area contributed by atoms with Crippen LogP contribution in [0.25, 0.3) is 0 Å². The quantitative estimate of drug-likeness (QED) is 0.706. The van der Waals surface area contributed by atoms with E-state index in [1.807, 2.05) is 0 Å². The van der Waals surface area contributed by atoms with Gasteiger partial charge in [0.1, 0.15) is 11.8 Å². The standard InChI is InChI=1S/C11H9NO5/c13-7-3-1-6(2-4-7)5-8(11(16)17)12-9(14)10(12)15/h1-4,8,13H,5H2,(H,16,17)/t8-/m1/s1. The minimum atomic E-state index is -1.22. The predicted octanol–water partition coefficient (Wildman–Crippen LogP) is -0.342. The first-order valence-electron chi connectivity index (χ1n) is 4.89. The molecule has 2 N–H and O–H groups in total. The molecule has 17 heavy (non-hydrogen) atoms. The van der Waals surface area contributed by atoms with Crippen LogP contribution in [0.15, 0.2) is 33.9 Å². The van der Waals surface area contributed by atoms with Crippen molar-refractivity contribution in [1.29, 1.82) is 0 Å². The van der Waals surface area contributed by atoms with Gasteiger partial charge in [-0.1, -0.05) is 12.1 Å². The maximum atomic E-state index is 10.9. The molecule has 0 bridgehead atoms. The zero-order valence-corrected chi connectivity index (χ0v) is 8.66. The number of hydrogen-bond donors (Lipinski definition) is 2. The summed E-state index contributed by atoms with van der Waals surface area (Å²) < 4.78 is 0.717. The van der Waals surface area contributed by atoms with Gasteiger partial charge in [0.05, 0.1) is 0 Å². The van der Waals surface area contributed by atoms with Crippen molar-refractivity contribution in [3.8, 4) is 5.75 Å². The number of phenolic OH excluding ortho intramolecular Hbond substituents is 1. The molecule has 1 aromatic carbocycles. The molecule has 1 heterocycles. The Bertz CT molecular complexity index is 593. The number of carbonyl (C=O) groups is 1. The zero-order chi connectivity index (χ0) is 12.6. The van der Waals surface area contributed by atoms with Gasteiger partial charge in [-0.15, -0.1) is 0 Å². The van der Waals surface area contributed by atoms with Gasteiger partial charge in [0.2, 0.25) is 0 Å². The molecule has 1 aromatic heterocycles. The lowest BCUT2D eigenvalue weighted by atomic mass is 10.1. The molecule has 0 fully saturated rings. The Kier molecular flexibility index (Phi) is 2.55. The summed E-state index contributed by atoms with van der Waals surface area (Å²) >= 11 is 0. The van der Waals surface area contributed by atoms with Gasteiger partial charge in [-0.2, -0.15) is 0 Å². The molecular weight excluding hydrogens is 226 g/mol. The molecule has 6 heteroatoms. The van der Waals surface area contributed by atoms with Crippen LogP contribution in [-0.2, 0) is 11.2 Å². The highest BCUT2D eigenvalue weighted by molar-refractivity contribution is 5.72. The molecule has 0 saturated heterocycles. The number of aromatic hydroxyl groups is 1. The molecule has 0 amide bonds. The monoisotopic (exact) mass is 235 g/mol. The first-order valence-corrected chi connectivity index (χ1v) is 4.89. The van der Waals surface area contributed by atoms with Crippen LogP contribution in [0, 0.1) is 0 Å². The molecule has 0 aliphatic carbocycles. The van der Waals surface area contributed by atoms with Crippen LogP contribution in [0.3, 0.4) is 0 Å². The van der Waals surface area contributed by atoms with Crippen molar-refractivity contribution < 1.29 is 15.0 Å². The topological polar surface area (TPSA) is 96.6 Å². The van der Waals surface area contributed by atoms with Gasteiger partial charge in [-0.05, 0) is 17.7 Å². The smallest absolute Gasteiger partial charge is 0.327 e. The van der Waals surface area contributed by atoms with E-state index < -0.39 is 23.1 Å². The van der Waals surface area contributed by atoms with Crippen LogP contribution in [0.1, 0.15) is 11.6 Å². The van der Waals surface area contributed by atoms with E-state index in [0.29, 0.717) is 5.56 Å². The van der Waals surface area contributed by atoms with Gasteiger partial charge in [0, 0.05) is 6.42 Å². The lowest BCUT2D eigenvalue weighted by molar-refractivity contribution is -0.140. The summed E-state index contributed by atoms with van der Waals surface area (Å²) in [4.78, 5) is 32.7. The number of aliphatic carboxylic acids is 1. The highest BCUT2D eigenvalue weighted by Gasteiger charge is 2.30. The van der Waals surface area contributed by atoms with Crippen molar-refractivity contribution in [3.63, 3.8) is 0 Å². The maximum Gasteiger partial charge on any atom is 0.327 e. The van der Waals surface area contributed by atoms with Crippen LogP contribution in [-0.4, -0.2) is 20.7 Å². The summed E-state index contributed by atoms with van der Waals surface area (Å²) in [5.41, 5.74) is -0.907. The summed E-state index contributed by atoms with van der Waals surface area (Å²) in [6.07, 6.45) is 0.0348. The third-order valence-electron chi connectivity index (χ3n) is 2.53. The molecule has 0 unspecified atom stereocenters. The van der Waals surface area contributed by atoms with E-state index in [2.05, 4.69) is 0 Å². The Morgan fingerprint density at radius 1 is 1.18 bits per heavy atom. The molecule has 6 nitrogen and oxygen atoms in total. The van der Waals surface area contributed by atoms with Crippen molar-refractivity contribution in [2.24, 2.45) is 0 Å². The number of aromatic nitrogens is 1. The second-order valence-electron chi connectivity index (χ2n) is 3.70. The van der Waals surface area contributed by atoms with Gasteiger partial charge < -0.3 is 10.2 Å². The Labute approximate surface area is 95.1 Å².